The monoisotopic (exact) mass is 172 g/mol. The molecule has 0 radical (unpaired) electrons. The number of hydrogen-bond acceptors (Lipinski definition) is 3. The van der Waals surface area contributed by atoms with Gasteiger partial charge in [0.15, 0.2) is 0 Å². The third kappa shape index (κ3) is 2.44. The molecule has 0 aromatic carbocycles. The molecule has 3 nitrogen and oxygen atoms in total. The summed E-state index contributed by atoms with van der Waals surface area (Å²) in [5.41, 5.74) is 3.06. The minimum absolute atomic E-state index is 0.232. The van der Waals surface area contributed by atoms with Gasteiger partial charge in [-0.2, -0.15) is 0 Å². The van der Waals surface area contributed by atoms with E-state index in [1.54, 1.807) is 0 Å². The van der Waals surface area contributed by atoms with Crippen LogP contribution in [-0.2, 0) is 4.74 Å². The fourth-order valence-electron chi connectivity index (χ4n) is 1.55. The van der Waals surface area contributed by atoms with E-state index in [0.29, 0.717) is 12.1 Å². The van der Waals surface area contributed by atoms with Gasteiger partial charge in [0.2, 0.25) is 0 Å². The van der Waals surface area contributed by atoms with Crippen LogP contribution in [0.4, 0.5) is 0 Å². The summed E-state index contributed by atoms with van der Waals surface area (Å²) in [6.45, 7) is 7.44. The molecular formula is C9H20N2O. The van der Waals surface area contributed by atoms with Crippen molar-refractivity contribution in [2.24, 2.45) is 11.3 Å². The second kappa shape index (κ2) is 3.73. The van der Waals surface area contributed by atoms with Gasteiger partial charge in [-0.25, -0.2) is 0 Å². The fourth-order valence-corrected chi connectivity index (χ4v) is 1.55. The van der Waals surface area contributed by atoms with Crippen molar-refractivity contribution >= 4 is 0 Å². The van der Waals surface area contributed by atoms with Crippen LogP contribution in [0.1, 0.15) is 33.6 Å². The van der Waals surface area contributed by atoms with Gasteiger partial charge in [0.1, 0.15) is 0 Å². The van der Waals surface area contributed by atoms with Crippen molar-refractivity contribution < 1.29 is 4.74 Å². The lowest BCUT2D eigenvalue weighted by molar-refractivity contribution is -0.0580. The first-order chi connectivity index (χ1) is 5.54. The lowest BCUT2D eigenvalue weighted by atomic mass is 9.83. The summed E-state index contributed by atoms with van der Waals surface area (Å²) in [7, 11) is 0. The van der Waals surface area contributed by atoms with Crippen LogP contribution in [0.25, 0.3) is 0 Å². The quantitative estimate of drug-likeness (QED) is 0.459. The average molecular weight is 172 g/mol. The van der Waals surface area contributed by atoms with Crippen LogP contribution in [-0.4, -0.2) is 18.8 Å². The van der Waals surface area contributed by atoms with Crippen molar-refractivity contribution in [2.75, 3.05) is 6.61 Å². The molecule has 1 aliphatic heterocycles. The Balaban J connectivity index is 2.46. The number of nitrogens with two attached hydrogens (primary N) is 1. The lowest BCUT2D eigenvalue weighted by Crippen LogP contribution is -2.46. The maximum atomic E-state index is 5.68. The molecule has 3 N–H and O–H groups in total. The Labute approximate surface area is 74.6 Å². The first kappa shape index (κ1) is 9.96. The van der Waals surface area contributed by atoms with E-state index < -0.39 is 0 Å². The van der Waals surface area contributed by atoms with Crippen molar-refractivity contribution in [3.05, 3.63) is 0 Å². The molecule has 1 heterocycles. The molecule has 0 saturated carbocycles. The highest BCUT2D eigenvalue weighted by Gasteiger charge is 2.30. The van der Waals surface area contributed by atoms with Crippen LogP contribution in [0.5, 0.6) is 0 Å². The zero-order chi connectivity index (χ0) is 9.19. The Hall–Kier alpha value is -0.120. The standard InChI is InChI=1S/C9H20N2O/c1-9(2,3)8-6-7(11-10)4-5-12-8/h7-8,11H,4-6,10H2,1-3H3. The third-order valence-electron chi connectivity index (χ3n) is 2.49. The normalized spacial score (nSPS) is 32.0. The van der Waals surface area contributed by atoms with E-state index >= 15 is 0 Å². The zero-order valence-corrected chi connectivity index (χ0v) is 8.26. The largest absolute Gasteiger partial charge is 0.378 e. The molecule has 1 fully saturated rings. The summed E-state index contributed by atoms with van der Waals surface area (Å²) >= 11 is 0. The van der Waals surface area contributed by atoms with Gasteiger partial charge in [-0.1, -0.05) is 20.8 Å². The zero-order valence-electron chi connectivity index (χ0n) is 8.26. The summed E-state index contributed by atoms with van der Waals surface area (Å²) in [5.74, 6) is 5.40. The highest BCUT2D eigenvalue weighted by atomic mass is 16.5. The first-order valence-corrected chi connectivity index (χ1v) is 4.62. The molecule has 3 heteroatoms. The number of ether oxygens (including phenoxy) is 1. The van der Waals surface area contributed by atoms with Gasteiger partial charge in [0.25, 0.3) is 0 Å². The van der Waals surface area contributed by atoms with Gasteiger partial charge >= 0.3 is 0 Å². The van der Waals surface area contributed by atoms with Gasteiger partial charge in [0, 0.05) is 12.6 Å². The Morgan fingerprint density at radius 1 is 1.42 bits per heavy atom. The summed E-state index contributed by atoms with van der Waals surface area (Å²) in [6.07, 6.45) is 2.40. The smallest absolute Gasteiger partial charge is 0.0638 e. The van der Waals surface area contributed by atoms with Gasteiger partial charge in [-0.3, -0.25) is 11.3 Å². The fraction of sp³-hybridized carbons (Fsp3) is 1.00. The second-order valence-electron chi connectivity index (χ2n) is 4.61. The van der Waals surface area contributed by atoms with E-state index in [1.165, 1.54) is 0 Å². The molecule has 0 spiro atoms. The number of hydrogen-bond donors (Lipinski definition) is 2. The molecule has 2 unspecified atom stereocenters. The van der Waals surface area contributed by atoms with Crippen LogP contribution in [0.2, 0.25) is 0 Å². The van der Waals surface area contributed by atoms with Crippen molar-refractivity contribution in [3.8, 4) is 0 Å². The molecule has 0 aromatic rings. The summed E-state index contributed by atoms with van der Waals surface area (Å²) in [5, 5.41) is 0. The molecule has 1 aliphatic rings. The molecule has 1 rings (SSSR count). The lowest BCUT2D eigenvalue weighted by Gasteiger charge is -2.37. The minimum atomic E-state index is 0.232. The van der Waals surface area contributed by atoms with Gasteiger partial charge in [0.05, 0.1) is 6.10 Å². The van der Waals surface area contributed by atoms with Crippen LogP contribution in [0.3, 0.4) is 0 Å². The van der Waals surface area contributed by atoms with Gasteiger partial charge in [-0.15, -0.1) is 0 Å². The Morgan fingerprint density at radius 2 is 2.08 bits per heavy atom. The molecule has 0 amide bonds. The summed E-state index contributed by atoms with van der Waals surface area (Å²) < 4.78 is 5.68. The SMILES string of the molecule is CC(C)(C)C1CC(NN)CCO1. The van der Waals surface area contributed by atoms with E-state index in [-0.39, 0.29) is 5.41 Å². The predicted octanol–water partition coefficient (Wildman–Crippen LogP) is 1.04. The number of nitrogens with one attached hydrogen (secondary N) is 1. The highest BCUT2D eigenvalue weighted by Crippen LogP contribution is 2.29. The molecule has 12 heavy (non-hydrogen) atoms. The number of rotatable bonds is 1. The maximum Gasteiger partial charge on any atom is 0.0638 e. The maximum absolute atomic E-state index is 5.68. The van der Waals surface area contributed by atoms with E-state index in [0.717, 1.165) is 19.4 Å². The van der Waals surface area contributed by atoms with Crippen molar-refractivity contribution in [2.45, 2.75) is 45.8 Å². The Bertz CT molecular complexity index is 142. The average Bonchev–Trinajstić information content (AvgIpc) is 2.03. The molecule has 72 valence electrons. The van der Waals surface area contributed by atoms with E-state index in [4.69, 9.17) is 10.6 Å². The molecule has 1 saturated heterocycles. The number of hydrazine groups is 1. The Kier molecular flexibility index (Phi) is 3.09. The van der Waals surface area contributed by atoms with E-state index in [9.17, 15) is 0 Å². The molecular weight excluding hydrogens is 152 g/mol. The van der Waals surface area contributed by atoms with Crippen LogP contribution in [0, 0.1) is 5.41 Å². The third-order valence-corrected chi connectivity index (χ3v) is 2.49. The topological polar surface area (TPSA) is 47.3 Å². The van der Waals surface area contributed by atoms with E-state index in [1.807, 2.05) is 0 Å². The van der Waals surface area contributed by atoms with Crippen molar-refractivity contribution in [1.82, 2.24) is 5.43 Å². The van der Waals surface area contributed by atoms with Crippen LogP contribution >= 0.6 is 0 Å². The molecule has 0 bridgehead atoms. The van der Waals surface area contributed by atoms with Crippen molar-refractivity contribution in [1.29, 1.82) is 0 Å². The van der Waals surface area contributed by atoms with Crippen molar-refractivity contribution in [3.63, 3.8) is 0 Å². The predicted molar refractivity (Wildman–Crippen MR) is 49.5 cm³/mol. The first-order valence-electron chi connectivity index (χ1n) is 4.62. The summed E-state index contributed by atoms with van der Waals surface area (Å²) in [6, 6.07) is 0.433. The Morgan fingerprint density at radius 3 is 2.58 bits per heavy atom. The van der Waals surface area contributed by atoms with Gasteiger partial charge in [-0.05, 0) is 18.3 Å². The molecule has 2 atom stereocenters. The van der Waals surface area contributed by atoms with Crippen LogP contribution in [0.15, 0.2) is 0 Å². The molecule has 0 aliphatic carbocycles. The highest BCUT2D eigenvalue weighted by molar-refractivity contribution is 4.82. The summed E-state index contributed by atoms with van der Waals surface area (Å²) in [4.78, 5) is 0. The van der Waals surface area contributed by atoms with E-state index in [2.05, 4.69) is 26.2 Å². The van der Waals surface area contributed by atoms with Crippen LogP contribution < -0.4 is 11.3 Å². The van der Waals surface area contributed by atoms with Gasteiger partial charge < -0.3 is 4.74 Å². The molecule has 0 aromatic heterocycles. The second-order valence-corrected chi connectivity index (χ2v) is 4.61. The minimum Gasteiger partial charge on any atom is -0.378 e.